The highest BCUT2D eigenvalue weighted by molar-refractivity contribution is 5.42. The monoisotopic (exact) mass is 271 g/mol. The zero-order valence-corrected chi connectivity index (χ0v) is 12.1. The van der Waals surface area contributed by atoms with Crippen molar-refractivity contribution in [3.63, 3.8) is 0 Å². The van der Waals surface area contributed by atoms with Crippen LogP contribution in [0.3, 0.4) is 0 Å². The molecule has 1 N–H and O–H groups in total. The zero-order valence-electron chi connectivity index (χ0n) is 12.1. The van der Waals surface area contributed by atoms with Gasteiger partial charge in [0.25, 0.3) is 6.01 Å². The maximum atomic E-state index is 5.61. The molecule has 1 aliphatic heterocycles. The van der Waals surface area contributed by atoms with Crippen molar-refractivity contribution in [2.75, 3.05) is 11.4 Å². The van der Waals surface area contributed by atoms with Crippen LogP contribution in [0.4, 0.5) is 6.01 Å². The van der Waals surface area contributed by atoms with E-state index < -0.39 is 0 Å². The summed E-state index contributed by atoms with van der Waals surface area (Å²) in [6.07, 6.45) is 1.76. The smallest absolute Gasteiger partial charge is 0.298 e. The molecule has 0 amide bonds. The summed E-state index contributed by atoms with van der Waals surface area (Å²) in [5, 5.41) is 3.38. The van der Waals surface area contributed by atoms with Crippen molar-refractivity contribution in [3.8, 4) is 0 Å². The fraction of sp³-hybridized carbons (Fsp3) is 0.438. The van der Waals surface area contributed by atoms with Gasteiger partial charge >= 0.3 is 0 Å². The first kappa shape index (κ1) is 13.2. The van der Waals surface area contributed by atoms with Gasteiger partial charge in [0.2, 0.25) is 0 Å². The summed E-state index contributed by atoms with van der Waals surface area (Å²) in [5.74, 6) is 0.648. The molecule has 0 radical (unpaired) electrons. The van der Waals surface area contributed by atoms with E-state index in [1.54, 1.807) is 6.26 Å². The largest absolute Gasteiger partial charge is 0.432 e. The average Bonchev–Trinajstić information content (AvgIpc) is 3.03. The molecule has 1 aromatic heterocycles. The number of fused-ring (bicyclic) bond motifs is 1. The van der Waals surface area contributed by atoms with Gasteiger partial charge in [-0.25, -0.2) is 0 Å². The zero-order chi connectivity index (χ0) is 13.9. The molecular formula is C16H21N3O. The van der Waals surface area contributed by atoms with Crippen molar-refractivity contribution in [1.29, 1.82) is 0 Å². The number of oxazole rings is 1. The highest BCUT2D eigenvalue weighted by Crippen LogP contribution is 2.27. The number of hydrogen-bond acceptors (Lipinski definition) is 4. The van der Waals surface area contributed by atoms with Crippen LogP contribution in [0.1, 0.15) is 30.7 Å². The molecule has 0 unspecified atom stereocenters. The van der Waals surface area contributed by atoms with Crippen LogP contribution in [-0.4, -0.2) is 11.5 Å². The molecule has 0 saturated carbocycles. The lowest BCUT2D eigenvalue weighted by Crippen LogP contribution is -2.19. The topological polar surface area (TPSA) is 41.3 Å². The number of rotatable bonds is 5. The van der Waals surface area contributed by atoms with E-state index in [0.717, 1.165) is 37.9 Å². The van der Waals surface area contributed by atoms with Crippen LogP contribution in [-0.2, 0) is 19.6 Å². The van der Waals surface area contributed by atoms with E-state index in [4.69, 9.17) is 4.42 Å². The van der Waals surface area contributed by atoms with Crippen molar-refractivity contribution >= 4 is 6.01 Å². The number of anilines is 1. The van der Waals surface area contributed by atoms with Crippen LogP contribution >= 0.6 is 0 Å². The first-order valence-electron chi connectivity index (χ1n) is 7.19. The van der Waals surface area contributed by atoms with E-state index >= 15 is 0 Å². The number of nitrogens with zero attached hydrogens (tertiary/aromatic N) is 2. The molecule has 3 rings (SSSR count). The molecule has 4 nitrogen and oxygen atoms in total. The normalized spacial score (nSPS) is 14.1. The quantitative estimate of drug-likeness (QED) is 0.908. The Labute approximate surface area is 119 Å². The number of hydrogen-bond donors (Lipinski definition) is 1. The minimum atomic E-state index is 0.648. The number of benzene rings is 1. The van der Waals surface area contributed by atoms with Gasteiger partial charge in [-0.3, -0.25) is 0 Å². The second-order valence-electron chi connectivity index (χ2n) is 5.77. The summed E-state index contributed by atoms with van der Waals surface area (Å²) in [4.78, 5) is 6.75. The fourth-order valence-electron chi connectivity index (χ4n) is 2.48. The first-order valence-corrected chi connectivity index (χ1v) is 7.19. The Morgan fingerprint density at radius 2 is 1.95 bits per heavy atom. The van der Waals surface area contributed by atoms with Crippen LogP contribution in [0.15, 0.2) is 34.9 Å². The van der Waals surface area contributed by atoms with E-state index in [1.807, 2.05) is 0 Å². The molecule has 0 aliphatic carbocycles. The lowest BCUT2D eigenvalue weighted by Gasteiger charge is -2.11. The Kier molecular flexibility index (Phi) is 3.74. The Morgan fingerprint density at radius 3 is 2.60 bits per heavy atom. The Hall–Kier alpha value is -1.81. The summed E-state index contributed by atoms with van der Waals surface area (Å²) in [6.45, 7) is 7.93. The van der Waals surface area contributed by atoms with Gasteiger partial charge < -0.3 is 14.6 Å². The maximum absolute atomic E-state index is 5.61. The molecule has 1 aromatic carbocycles. The second-order valence-corrected chi connectivity index (χ2v) is 5.77. The minimum Gasteiger partial charge on any atom is -0.432 e. The van der Waals surface area contributed by atoms with Gasteiger partial charge in [-0.05, 0) is 23.6 Å². The number of aromatic nitrogens is 1. The maximum Gasteiger partial charge on any atom is 0.298 e. The van der Waals surface area contributed by atoms with Crippen molar-refractivity contribution in [2.45, 2.75) is 33.5 Å². The Balaban J connectivity index is 1.61. The van der Waals surface area contributed by atoms with Crippen LogP contribution < -0.4 is 10.2 Å². The molecule has 0 atom stereocenters. The van der Waals surface area contributed by atoms with Crippen LogP contribution in [0, 0.1) is 5.92 Å². The third-order valence-electron chi connectivity index (χ3n) is 3.51. The molecule has 1 aliphatic rings. The van der Waals surface area contributed by atoms with Gasteiger partial charge in [0, 0.05) is 19.6 Å². The molecule has 4 heteroatoms. The lowest BCUT2D eigenvalue weighted by molar-refractivity contribution is 0.531. The standard InChI is InChI=1S/C16H21N3O/c1-12(2)7-17-8-15-11-20-16(18-15)19-9-13-5-3-4-6-14(13)10-19/h3-6,11-12,17H,7-10H2,1-2H3. The van der Waals surface area contributed by atoms with Crippen molar-refractivity contribution < 1.29 is 4.42 Å². The van der Waals surface area contributed by atoms with Gasteiger partial charge in [0.15, 0.2) is 0 Å². The highest BCUT2D eigenvalue weighted by Gasteiger charge is 2.22. The summed E-state index contributed by atoms with van der Waals surface area (Å²) in [6, 6.07) is 9.23. The molecule has 2 aromatic rings. The van der Waals surface area contributed by atoms with Crippen molar-refractivity contribution in [1.82, 2.24) is 10.3 Å². The van der Waals surface area contributed by atoms with Crippen LogP contribution in [0.5, 0.6) is 0 Å². The predicted octanol–water partition coefficient (Wildman–Crippen LogP) is 2.94. The Bertz CT molecular complexity index is 552. The fourth-order valence-corrected chi connectivity index (χ4v) is 2.48. The molecule has 2 heterocycles. The van der Waals surface area contributed by atoms with E-state index in [2.05, 4.69) is 53.3 Å². The van der Waals surface area contributed by atoms with E-state index in [-0.39, 0.29) is 0 Å². The molecule has 20 heavy (non-hydrogen) atoms. The lowest BCUT2D eigenvalue weighted by atomic mass is 10.1. The van der Waals surface area contributed by atoms with Crippen LogP contribution in [0.2, 0.25) is 0 Å². The first-order chi connectivity index (χ1) is 9.72. The molecular weight excluding hydrogens is 250 g/mol. The highest BCUT2D eigenvalue weighted by atomic mass is 16.4. The van der Waals surface area contributed by atoms with Crippen molar-refractivity contribution in [3.05, 3.63) is 47.3 Å². The second kappa shape index (κ2) is 5.67. The van der Waals surface area contributed by atoms with E-state index in [1.165, 1.54) is 11.1 Å². The third-order valence-corrected chi connectivity index (χ3v) is 3.51. The minimum absolute atomic E-state index is 0.648. The average molecular weight is 271 g/mol. The molecule has 0 spiro atoms. The summed E-state index contributed by atoms with van der Waals surface area (Å²) < 4.78 is 5.61. The van der Waals surface area contributed by atoms with Crippen molar-refractivity contribution in [2.24, 2.45) is 5.92 Å². The summed E-state index contributed by atoms with van der Waals surface area (Å²) in [5.41, 5.74) is 3.70. The van der Waals surface area contributed by atoms with Gasteiger partial charge in [-0.2, -0.15) is 4.98 Å². The third kappa shape index (κ3) is 2.85. The molecule has 106 valence electrons. The number of nitrogens with one attached hydrogen (secondary N) is 1. The van der Waals surface area contributed by atoms with Gasteiger partial charge in [0.05, 0.1) is 5.69 Å². The van der Waals surface area contributed by atoms with E-state index in [0.29, 0.717) is 5.92 Å². The SMILES string of the molecule is CC(C)CNCc1coc(N2Cc3ccccc3C2)n1. The Morgan fingerprint density at radius 1 is 1.25 bits per heavy atom. The summed E-state index contributed by atoms with van der Waals surface area (Å²) in [7, 11) is 0. The van der Waals surface area contributed by atoms with Gasteiger partial charge in [0.1, 0.15) is 6.26 Å². The van der Waals surface area contributed by atoms with Gasteiger partial charge in [-0.15, -0.1) is 0 Å². The van der Waals surface area contributed by atoms with E-state index in [9.17, 15) is 0 Å². The molecule has 0 bridgehead atoms. The summed E-state index contributed by atoms with van der Waals surface area (Å²) >= 11 is 0. The molecule has 0 saturated heterocycles. The van der Waals surface area contributed by atoms with Gasteiger partial charge in [-0.1, -0.05) is 38.1 Å². The van der Waals surface area contributed by atoms with Crippen LogP contribution in [0.25, 0.3) is 0 Å². The molecule has 0 fully saturated rings. The predicted molar refractivity (Wildman–Crippen MR) is 79.4 cm³/mol.